The number of aromatic amines is 2. The third-order valence-electron chi connectivity index (χ3n) is 10.3. The summed E-state index contributed by atoms with van der Waals surface area (Å²) in [6.07, 6.45) is 2.13. The molecule has 0 spiro atoms. The van der Waals surface area contributed by atoms with E-state index in [9.17, 15) is 19.2 Å². The summed E-state index contributed by atoms with van der Waals surface area (Å²) in [6, 6.07) is 27.6. The summed E-state index contributed by atoms with van der Waals surface area (Å²) in [6.45, 7) is 4.73. The molecule has 3 aromatic heterocycles. The van der Waals surface area contributed by atoms with Crippen LogP contribution in [0.3, 0.4) is 0 Å². The van der Waals surface area contributed by atoms with E-state index in [1.807, 2.05) is 53.1 Å². The third-order valence-corrected chi connectivity index (χ3v) is 10.3. The van der Waals surface area contributed by atoms with Crippen LogP contribution in [0, 0.1) is 0 Å². The summed E-state index contributed by atoms with van der Waals surface area (Å²) in [5.41, 5.74) is 7.18. The van der Waals surface area contributed by atoms with Crippen molar-refractivity contribution in [1.82, 2.24) is 29.7 Å². The minimum Gasteiger partial charge on any atom is -0.465 e. The fourth-order valence-corrected chi connectivity index (χ4v) is 7.34. The van der Waals surface area contributed by atoms with Crippen LogP contribution >= 0.6 is 0 Å². The van der Waals surface area contributed by atoms with E-state index in [2.05, 4.69) is 49.8 Å². The fraction of sp³-hybridized carbons (Fsp3) is 0.341. The van der Waals surface area contributed by atoms with Gasteiger partial charge in [-0.05, 0) is 54.3 Å². The molecule has 0 bridgehead atoms. The molecule has 1 aliphatic heterocycles. The fourth-order valence-electron chi connectivity index (χ4n) is 7.34. The van der Waals surface area contributed by atoms with E-state index in [4.69, 9.17) is 29.0 Å². The number of pyridine rings is 2. The Balaban J connectivity index is 0.864. The molecule has 0 aliphatic carbocycles. The Labute approximate surface area is 345 Å². The van der Waals surface area contributed by atoms with Crippen LogP contribution in [0.2, 0.25) is 0 Å². The van der Waals surface area contributed by atoms with E-state index < -0.39 is 6.09 Å². The normalized spacial score (nSPS) is 13.5. The number of piperidine rings is 1. The number of fused-ring (bicyclic) bond motifs is 2. The highest BCUT2D eigenvalue weighted by Gasteiger charge is 2.24. The molecule has 16 heteroatoms. The third kappa shape index (κ3) is 11.1. The molecule has 60 heavy (non-hydrogen) atoms. The summed E-state index contributed by atoms with van der Waals surface area (Å²) >= 11 is 0. The molecule has 314 valence electrons. The van der Waals surface area contributed by atoms with Crippen molar-refractivity contribution < 1.29 is 33.6 Å². The SMILES string of the molecule is O=C(O)NCCOCCOCCOCCOCC(=O)Nc1ccc2[nH]c(=O)n(C3CCN(Cc4ccc(-c5nc6cc[nH]c(=O)c6cc5-c5ccccc5)cc4)CC3)c2c1. The van der Waals surface area contributed by atoms with Crippen LogP contribution in [-0.4, -0.2) is 114 Å². The van der Waals surface area contributed by atoms with E-state index in [0.717, 1.165) is 60.4 Å². The number of aromatic nitrogens is 4. The smallest absolute Gasteiger partial charge is 0.404 e. The first-order chi connectivity index (χ1) is 29.3. The highest BCUT2D eigenvalue weighted by atomic mass is 16.6. The first-order valence-electron chi connectivity index (χ1n) is 20.0. The highest BCUT2D eigenvalue weighted by molar-refractivity contribution is 5.94. The van der Waals surface area contributed by atoms with Gasteiger partial charge in [-0.2, -0.15) is 0 Å². The van der Waals surface area contributed by atoms with Gasteiger partial charge in [0.1, 0.15) is 6.61 Å². The van der Waals surface area contributed by atoms with Crippen molar-refractivity contribution in [3.8, 4) is 22.4 Å². The standard InChI is InChI=1S/C44H49N7O9/c52-40(29-60-25-24-59-23-22-58-21-20-57-19-16-46-44(55)56)47-33-10-11-38-39(26-33)51(43(54)49-38)34-13-17-50(18-14-34)28-30-6-8-32(9-7-30)41-35(31-4-2-1-3-5-31)27-36-37(48-41)12-15-45-42(36)53/h1-12,15,26-27,34,46H,13-14,16-25,28-29H2,(H,45,53)(H,47,52)(H,49,54)(H,55,56). The molecule has 2 amide bonds. The van der Waals surface area contributed by atoms with E-state index in [-0.39, 0.29) is 49.6 Å². The monoisotopic (exact) mass is 819 g/mol. The Hall–Kier alpha value is -6.17. The van der Waals surface area contributed by atoms with Gasteiger partial charge in [-0.25, -0.2) is 14.6 Å². The zero-order valence-corrected chi connectivity index (χ0v) is 33.2. The number of anilines is 1. The topological polar surface area (TPSA) is 202 Å². The molecule has 16 nitrogen and oxygen atoms in total. The minimum absolute atomic E-state index is 0.00788. The van der Waals surface area contributed by atoms with Crippen LogP contribution in [-0.2, 0) is 30.3 Å². The highest BCUT2D eigenvalue weighted by Crippen LogP contribution is 2.33. The number of carbonyl (C=O) groups is 2. The van der Waals surface area contributed by atoms with Crippen molar-refractivity contribution in [3.63, 3.8) is 0 Å². The van der Waals surface area contributed by atoms with Crippen molar-refractivity contribution in [2.75, 3.05) is 77.8 Å². The number of benzene rings is 3. The predicted molar refractivity (Wildman–Crippen MR) is 227 cm³/mol. The second-order valence-corrected chi connectivity index (χ2v) is 14.4. The Morgan fingerprint density at radius 1 is 0.800 bits per heavy atom. The van der Waals surface area contributed by atoms with Crippen molar-refractivity contribution in [2.24, 2.45) is 0 Å². The molecule has 1 fully saturated rings. The van der Waals surface area contributed by atoms with Crippen LogP contribution in [0.25, 0.3) is 44.3 Å². The quantitative estimate of drug-likeness (QED) is 0.0649. The summed E-state index contributed by atoms with van der Waals surface area (Å²) < 4.78 is 23.4. The van der Waals surface area contributed by atoms with Crippen LogP contribution < -0.4 is 21.9 Å². The van der Waals surface area contributed by atoms with Gasteiger partial charge in [0, 0.05) is 55.2 Å². The maximum atomic E-state index is 13.2. The summed E-state index contributed by atoms with van der Waals surface area (Å²) in [4.78, 5) is 61.9. The van der Waals surface area contributed by atoms with Crippen LogP contribution in [0.5, 0.6) is 0 Å². The number of carbonyl (C=O) groups excluding carboxylic acids is 1. The molecule has 1 aliphatic rings. The molecular formula is C44H49N7O9. The van der Waals surface area contributed by atoms with E-state index in [0.29, 0.717) is 55.1 Å². The number of ether oxygens (including phenoxy) is 4. The van der Waals surface area contributed by atoms with Gasteiger partial charge in [-0.3, -0.25) is 19.1 Å². The number of likely N-dealkylation sites (tertiary alicyclic amines) is 1. The number of nitrogens with zero attached hydrogens (tertiary/aromatic N) is 3. The Morgan fingerprint density at radius 3 is 2.22 bits per heavy atom. The lowest BCUT2D eigenvalue weighted by Gasteiger charge is -2.32. The van der Waals surface area contributed by atoms with Crippen molar-refractivity contribution in [1.29, 1.82) is 0 Å². The van der Waals surface area contributed by atoms with Gasteiger partial charge >= 0.3 is 11.8 Å². The molecule has 3 aromatic carbocycles. The van der Waals surface area contributed by atoms with Gasteiger partial charge in [-0.1, -0.05) is 54.6 Å². The lowest BCUT2D eigenvalue weighted by Crippen LogP contribution is -2.36. The molecule has 0 unspecified atom stereocenters. The average molecular weight is 820 g/mol. The van der Waals surface area contributed by atoms with Crippen molar-refractivity contribution >= 4 is 39.6 Å². The zero-order valence-electron chi connectivity index (χ0n) is 33.2. The number of H-pyrrole nitrogens is 2. The summed E-state index contributed by atoms with van der Waals surface area (Å²) in [5, 5.41) is 14.1. The average Bonchev–Trinajstić information content (AvgIpc) is 3.59. The van der Waals surface area contributed by atoms with Crippen LogP contribution in [0.4, 0.5) is 10.5 Å². The molecular weight excluding hydrogens is 771 g/mol. The second-order valence-electron chi connectivity index (χ2n) is 14.4. The lowest BCUT2D eigenvalue weighted by atomic mass is 9.97. The second kappa shape index (κ2) is 20.7. The summed E-state index contributed by atoms with van der Waals surface area (Å²) in [5.74, 6) is -0.316. The first-order valence-corrected chi connectivity index (χ1v) is 20.0. The number of hydrogen-bond acceptors (Lipinski definition) is 10. The number of amides is 2. The largest absolute Gasteiger partial charge is 0.465 e. The lowest BCUT2D eigenvalue weighted by molar-refractivity contribution is -0.121. The van der Waals surface area contributed by atoms with Crippen molar-refractivity contribution in [2.45, 2.75) is 25.4 Å². The summed E-state index contributed by atoms with van der Waals surface area (Å²) in [7, 11) is 0. The Bertz CT molecular complexity index is 2480. The molecule has 7 rings (SSSR count). The van der Waals surface area contributed by atoms with E-state index in [1.54, 1.807) is 18.3 Å². The van der Waals surface area contributed by atoms with Gasteiger partial charge in [-0.15, -0.1) is 0 Å². The van der Waals surface area contributed by atoms with Gasteiger partial charge < -0.3 is 44.7 Å². The predicted octanol–water partition coefficient (Wildman–Crippen LogP) is 5.01. The molecule has 1 saturated heterocycles. The Kier molecular flexibility index (Phi) is 14.5. The van der Waals surface area contributed by atoms with E-state index in [1.165, 1.54) is 5.56 Å². The molecule has 0 saturated carbocycles. The molecule has 5 N–H and O–H groups in total. The zero-order chi connectivity index (χ0) is 41.7. The number of imidazole rings is 1. The van der Waals surface area contributed by atoms with Gasteiger partial charge in [0.25, 0.3) is 5.56 Å². The van der Waals surface area contributed by atoms with Gasteiger partial charge in [0.15, 0.2) is 0 Å². The number of carboxylic acid groups (broad SMARTS) is 1. The number of nitrogens with one attached hydrogen (secondary N) is 4. The van der Waals surface area contributed by atoms with Gasteiger partial charge in [0.05, 0.1) is 73.9 Å². The Morgan fingerprint density at radius 2 is 1.50 bits per heavy atom. The first kappa shape index (κ1) is 42.0. The maximum absolute atomic E-state index is 13.2. The minimum atomic E-state index is -1.09. The maximum Gasteiger partial charge on any atom is 0.404 e. The molecule has 6 aromatic rings. The molecule has 4 heterocycles. The van der Waals surface area contributed by atoms with E-state index >= 15 is 0 Å². The van der Waals surface area contributed by atoms with Crippen LogP contribution in [0.15, 0.2) is 101 Å². The number of rotatable bonds is 20. The van der Waals surface area contributed by atoms with Gasteiger partial charge in [0.2, 0.25) is 5.91 Å². The molecule has 0 radical (unpaired) electrons. The molecule has 0 atom stereocenters. The van der Waals surface area contributed by atoms with Crippen LogP contribution in [0.1, 0.15) is 24.4 Å². The van der Waals surface area contributed by atoms with Crippen molar-refractivity contribution in [3.05, 3.63) is 118 Å². The number of hydrogen-bond donors (Lipinski definition) is 5.